The number of hydrogen-bond donors (Lipinski definition) is 1. The second kappa shape index (κ2) is 6.75. The predicted molar refractivity (Wildman–Crippen MR) is 71.5 cm³/mol. The van der Waals surface area contributed by atoms with Gasteiger partial charge in [0.15, 0.2) is 0 Å². The first-order valence-corrected chi connectivity index (χ1v) is 6.50. The second-order valence-electron chi connectivity index (χ2n) is 5.31. The Morgan fingerprint density at radius 3 is 2.12 bits per heavy atom. The summed E-state index contributed by atoms with van der Waals surface area (Å²) >= 11 is 0. The molecule has 0 radical (unpaired) electrons. The molecule has 1 rings (SSSR count). The lowest BCUT2D eigenvalue weighted by Crippen LogP contribution is -2.29. The summed E-state index contributed by atoms with van der Waals surface area (Å²) in [5, 5.41) is 3.55. The van der Waals surface area contributed by atoms with E-state index in [4.69, 9.17) is 0 Å². The molecule has 0 bridgehead atoms. The van der Waals surface area contributed by atoms with Gasteiger partial charge in [-0.2, -0.15) is 0 Å². The molecule has 17 heavy (non-hydrogen) atoms. The number of rotatable bonds is 6. The van der Waals surface area contributed by atoms with Crippen molar-refractivity contribution in [1.82, 2.24) is 5.32 Å². The van der Waals surface area contributed by atoms with Crippen molar-refractivity contribution in [3.8, 4) is 0 Å². The molecule has 0 spiro atoms. The number of halogens is 1. The van der Waals surface area contributed by atoms with Crippen LogP contribution in [0.3, 0.4) is 0 Å². The Morgan fingerprint density at radius 2 is 1.59 bits per heavy atom. The highest BCUT2D eigenvalue weighted by Crippen LogP contribution is 2.15. The van der Waals surface area contributed by atoms with E-state index in [1.807, 2.05) is 12.1 Å². The Kier molecular flexibility index (Phi) is 5.63. The van der Waals surface area contributed by atoms with E-state index in [2.05, 4.69) is 33.0 Å². The van der Waals surface area contributed by atoms with E-state index >= 15 is 0 Å². The molecule has 0 aliphatic carbocycles. The first-order valence-electron chi connectivity index (χ1n) is 6.50. The third-order valence-corrected chi connectivity index (χ3v) is 3.08. The minimum Gasteiger partial charge on any atom is -0.308 e. The molecule has 0 fully saturated rings. The van der Waals surface area contributed by atoms with Crippen molar-refractivity contribution in [3.05, 3.63) is 35.6 Å². The monoisotopic (exact) mass is 237 g/mol. The quantitative estimate of drug-likeness (QED) is 0.777. The zero-order valence-corrected chi connectivity index (χ0v) is 11.3. The zero-order valence-electron chi connectivity index (χ0n) is 11.3. The lowest BCUT2D eigenvalue weighted by Gasteiger charge is -2.21. The van der Waals surface area contributed by atoms with Crippen LogP contribution in [0.4, 0.5) is 4.39 Å². The normalized spacial score (nSPS) is 14.9. The topological polar surface area (TPSA) is 12.0 Å². The van der Waals surface area contributed by atoms with E-state index in [-0.39, 0.29) is 11.9 Å². The summed E-state index contributed by atoms with van der Waals surface area (Å²) in [5.41, 5.74) is 1.14. The molecule has 1 N–H and O–H groups in total. The Labute approximate surface area is 104 Å². The van der Waals surface area contributed by atoms with Crippen molar-refractivity contribution in [2.75, 3.05) is 0 Å². The minimum atomic E-state index is -0.172. The molecule has 0 aromatic heterocycles. The van der Waals surface area contributed by atoms with E-state index in [1.54, 1.807) is 0 Å². The molecule has 1 aromatic rings. The Balaban J connectivity index is 2.42. The van der Waals surface area contributed by atoms with Crippen LogP contribution in [-0.4, -0.2) is 6.04 Å². The summed E-state index contributed by atoms with van der Waals surface area (Å²) < 4.78 is 12.8. The number of benzene rings is 1. The summed E-state index contributed by atoms with van der Waals surface area (Å²) in [6.45, 7) is 8.83. The van der Waals surface area contributed by atoms with Gasteiger partial charge < -0.3 is 5.32 Å². The van der Waals surface area contributed by atoms with Crippen molar-refractivity contribution in [2.24, 2.45) is 5.92 Å². The van der Waals surface area contributed by atoms with E-state index in [0.717, 1.165) is 11.5 Å². The first-order chi connectivity index (χ1) is 7.99. The molecule has 96 valence electrons. The van der Waals surface area contributed by atoms with Gasteiger partial charge in [0.1, 0.15) is 5.82 Å². The van der Waals surface area contributed by atoms with Crippen LogP contribution < -0.4 is 5.32 Å². The van der Waals surface area contributed by atoms with Crippen LogP contribution in [0.25, 0.3) is 0 Å². The van der Waals surface area contributed by atoms with E-state index in [9.17, 15) is 4.39 Å². The fourth-order valence-electron chi connectivity index (χ4n) is 1.94. The Hall–Kier alpha value is -0.890. The van der Waals surface area contributed by atoms with Gasteiger partial charge in [0.25, 0.3) is 0 Å². The van der Waals surface area contributed by atoms with Gasteiger partial charge in [-0.3, -0.25) is 0 Å². The van der Waals surface area contributed by atoms with Crippen LogP contribution >= 0.6 is 0 Å². The Bertz CT molecular complexity index is 318. The maximum atomic E-state index is 12.8. The predicted octanol–water partition coefficient (Wildman–Crippen LogP) is 4.30. The molecule has 2 atom stereocenters. The van der Waals surface area contributed by atoms with Crippen molar-refractivity contribution in [1.29, 1.82) is 0 Å². The largest absolute Gasteiger partial charge is 0.308 e. The van der Waals surface area contributed by atoms with Gasteiger partial charge in [-0.1, -0.05) is 26.0 Å². The molecular weight excluding hydrogens is 213 g/mol. The molecule has 1 nitrogen and oxygen atoms in total. The maximum Gasteiger partial charge on any atom is 0.123 e. The van der Waals surface area contributed by atoms with Crippen LogP contribution in [0.2, 0.25) is 0 Å². The average molecular weight is 237 g/mol. The molecule has 0 aliphatic rings. The van der Waals surface area contributed by atoms with Crippen molar-refractivity contribution >= 4 is 0 Å². The lowest BCUT2D eigenvalue weighted by molar-refractivity contribution is 0.417. The summed E-state index contributed by atoms with van der Waals surface area (Å²) in [7, 11) is 0. The van der Waals surface area contributed by atoms with Gasteiger partial charge in [-0.15, -0.1) is 0 Å². The molecule has 2 unspecified atom stereocenters. The molecule has 2 heteroatoms. The smallest absolute Gasteiger partial charge is 0.123 e. The van der Waals surface area contributed by atoms with Crippen molar-refractivity contribution in [2.45, 2.75) is 52.6 Å². The van der Waals surface area contributed by atoms with Crippen LogP contribution in [0.5, 0.6) is 0 Å². The fourth-order valence-corrected chi connectivity index (χ4v) is 1.94. The molecule has 0 amide bonds. The highest BCUT2D eigenvalue weighted by atomic mass is 19.1. The summed E-state index contributed by atoms with van der Waals surface area (Å²) in [6.07, 6.45) is 2.42. The van der Waals surface area contributed by atoms with Gasteiger partial charge >= 0.3 is 0 Å². The van der Waals surface area contributed by atoms with Crippen LogP contribution in [0.1, 0.15) is 52.1 Å². The van der Waals surface area contributed by atoms with Crippen molar-refractivity contribution < 1.29 is 4.39 Å². The Morgan fingerprint density at radius 1 is 1.00 bits per heavy atom. The standard InChI is InChI=1S/C15H24FN/c1-11(2)5-6-12(3)17-13(4)14-7-9-15(16)10-8-14/h7-13,17H,5-6H2,1-4H3. The van der Waals surface area contributed by atoms with Crippen LogP contribution in [0.15, 0.2) is 24.3 Å². The van der Waals surface area contributed by atoms with Gasteiger partial charge in [-0.25, -0.2) is 4.39 Å². The van der Waals surface area contributed by atoms with Crippen LogP contribution in [-0.2, 0) is 0 Å². The maximum absolute atomic E-state index is 12.8. The highest BCUT2D eigenvalue weighted by Gasteiger charge is 2.09. The summed E-state index contributed by atoms with van der Waals surface area (Å²) in [4.78, 5) is 0. The molecule has 0 heterocycles. The summed E-state index contributed by atoms with van der Waals surface area (Å²) in [5.74, 6) is 0.578. The van der Waals surface area contributed by atoms with E-state index in [0.29, 0.717) is 6.04 Å². The van der Waals surface area contributed by atoms with Gasteiger partial charge in [0.2, 0.25) is 0 Å². The molecule has 0 saturated carbocycles. The fraction of sp³-hybridized carbons (Fsp3) is 0.600. The zero-order chi connectivity index (χ0) is 12.8. The van der Waals surface area contributed by atoms with Gasteiger partial charge in [0.05, 0.1) is 0 Å². The molecular formula is C15H24FN. The van der Waals surface area contributed by atoms with E-state index < -0.39 is 0 Å². The molecule has 0 saturated heterocycles. The van der Waals surface area contributed by atoms with Gasteiger partial charge in [-0.05, 0) is 50.3 Å². The second-order valence-corrected chi connectivity index (χ2v) is 5.31. The first kappa shape index (κ1) is 14.2. The molecule has 0 aliphatic heterocycles. The molecule has 1 aromatic carbocycles. The SMILES string of the molecule is CC(C)CCC(C)NC(C)c1ccc(F)cc1. The van der Waals surface area contributed by atoms with Crippen molar-refractivity contribution in [3.63, 3.8) is 0 Å². The number of hydrogen-bond acceptors (Lipinski definition) is 1. The third-order valence-electron chi connectivity index (χ3n) is 3.08. The average Bonchev–Trinajstić information content (AvgIpc) is 2.27. The van der Waals surface area contributed by atoms with Crippen LogP contribution in [0, 0.1) is 11.7 Å². The van der Waals surface area contributed by atoms with E-state index in [1.165, 1.54) is 25.0 Å². The minimum absolute atomic E-state index is 0.172. The summed E-state index contributed by atoms with van der Waals surface area (Å²) in [6, 6.07) is 7.51. The lowest BCUT2D eigenvalue weighted by atomic mass is 10.0. The third kappa shape index (κ3) is 5.31. The highest BCUT2D eigenvalue weighted by molar-refractivity contribution is 5.19. The van der Waals surface area contributed by atoms with Gasteiger partial charge in [0, 0.05) is 12.1 Å². The number of nitrogens with one attached hydrogen (secondary N) is 1.